The molecular weight excluding hydrogens is 703 g/mol. The monoisotopic (exact) mass is 739 g/mol. The summed E-state index contributed by atoms with van der Waals surface area (Å²) in [5.74, 6) is -2.77. The van der Waals surface area contributed by atoms with E-state index in [2.05, 4.69) is 22.6 Å². The number of hydrogen-bond donors (Lipinski definition) is 4. The number of Topliss-reactive ketones (excluding diaryl/α,β-unsaturated/α-hetero) is 1. The van der Waals surface area contributed by atoms with Gasteiger partial charge in [0.05, 0.1) is 11.0 Å². The number of ketones is 2. The molecule has 0 amide bonds. The van der Waals surface area contributed by atoms with Crippen LogP contribution in [-0.4, -0.2) is 61.0 Å². The van der Waals surface area contributed by atoms with E-state index in [-0.39, 0.29) is 24.8 Å². The molecule has 1 heterocycles. The van der Waals surface area contributed by atoms with Gasteiger partial charge in [-0.3, -0.25) is 9.59 Å². The number of anilines is 1. The van der Waals surface area contributed by atoms with E-state index in [0.29, 0.717) is 17.0 Å². The fourth-order valence-corrected chi connectivity index (χ4v) is 11.4. The van der Waals surface area contributed by atoms with Gasteiger partial charge in [0.15, 0.2) is 23.5 Å². The molecule has 0 radical (unpaired) electrons. The normalized spacial score (nSPS) is 40.1. The van der Waals surface area contributed by atoms with E-state index in [1.165, 1.54) is 30.4 Å². The van der Waals surface area contributed by atoms with E-state index in [0.717, 1.165) is 17.2 Å². The molecule has 4 aliphatic carbocycles. The number of ether oxygens (including phenoxy) is 1. The zero-order chi connectivity index (χ0) is 31.8. The molecule has 3 saturated carbocycles. The van der Waals surface area contributed by atoms with E-state index in [1.54, 1.807) is 19.1 Å². The molecule has 0 aliphatic heterocycles. The second-order valence-electron chi connectivity index (χ2n) is 13.1. The third-order valence-corrected chi connectivity index (χ3v) is 13.3. The van der Waals surface area contributed by atoms with E-state index in [4.69, 9.17) is 10.5 Å². The van der Waals surface area contributed by atoms with Gasteiger partial charge < -0.3 is 25.8 Å². The second kappa shape index (κ2) is 11.0. The number of rotatable bonds is 7. The van der Waals surface area contributed by atoms with Crippen LogP contribution in [0.5, 0.6) is 0 Å². The summed E-state index contributed by atoms with van der Waals surface area (Å²) in [5.41, 5.74) is 1.53. The summed E-state index contributed by atoms with van der Waals surface area (Å²) in [5, 5.41) is 35.2. The summed E-state index contributed by atoms with van der Waals surface area (Å²) < 4.78 is 39.2. The summed E-state index contributed by atoms with van der Waals surface area (Å²) in [7, 11) is 0. The standard InChI is InChI=1S/C33H36F2INO6S/c1-30-7-6-20(39)11-23(30)24(34)12-22-21-13-26(36)33(28(41)15-38,31(21,2)14-27(40)32(22,30)35)43-29(42)25-10-18(16-44-25)8-17-4-3-5-19(37)9-17/h3-7,9-11,16,21-22,24,26-27,29,38,40,42H,8,12-15,37H2,1-2H3/t21-,22-,24-,26?,27-,29-,30-,31-,32-,33-/m0/s1. The van der Waals surface area contributed by atoms with Crippen molar-refractivity contribution in [1.29, 1.82) is 0 Å². The number of aliphatic hydroxyl groups is 3. The molecule has 236 valence electrons. The Labute approximate surface area is 272 Å². The van der Waals surface area contributed by atoms with E-state index >= 15 is 8.78 Å². The van der Waals surface area contributed by atoms with Crippen molar-refractivity contribution in [2.45, 2.75) is 73.3 Å². The number of hydrogen-bond acceptors (Lipinski definition) is 8. The van der Waals surface area contributed by atoms with Crippen molar-refractivity contribution in [1.82, 2.24) is 0 Å². The van der Waals surface area contributed by atoms with Crippen molar-refractivity contribution in [3.8, 4) is 0 Å². The van der Waals surface area contributed by atoms with Crippen molar-refractivity contribution in [2.75, 3.05) is 12.3 Å². The lowest BCUT2D eigenvalue weighted by molar-refractivity contribution is -0.258. The smallest absolute Gasteiger partial charge is 0.191 e. The average Bonchev–Trinajstić information content (AvgIpc) is 3.52. The number of halogens is 3. The van der Waals surface area contributed by atoms with Crippen LogP contribution in [0, 0.1) is 22.7 Å². The maximum absolute atomic E-state index is 17.6. The zero-order valence-corrected chi connectivity index (χ0v) is 27.4. The number of fused-ring (bicyclic) bond motifs is 5. The van der Waals surface area contributed by atoms with Crippen LogP contribution < -0.4 is 5.73 Å². The topological polar surface area (TPSA) is 130 Å². The maximum atomic E-state index is 17.6. The Morgan fingerprint density at radius 2 is 1.98 bits per heavy atom. The first-order chi connectivity index (χ1) is 20.7. The quantitative estimate of drug-likeness (QED) is 0.137. The van der Waals surface area contributed by atoms with Crippen molar-refractivity contribution < 1.29 is 38.4 Å². The summed E-state index contributed by atoms with van der Waals surface area (Å²) in [6, 6.07) is 9.26. The van der Waals surface area contributed by atoms with Gasteiger partial charge >= 0.3 is 0 Å². The van der Waals surface area contributed by atoms with Crippen molar-refractivity contribution in [3.63, 3.8) is 0 Å². The Morgan fingerprint density at radius 3 is 2.68 bits per heavy atom. The van der Waals surface area contributed by atoms with Crippen molar-refractivity contribution in [2.24, 2.45) is 22.7 Å². The Kier molecular flexibility index (Phi) is 8.02. The summed E-state index contributed by atoms with van der Waals surface area (Å²) in [6.07, 6.45) is -0.778. The van der Waals surface area contributed by atoms with Gasteiger partial charge in [0.1, 0.15) is 18.4 Å². The highest BCUT2D eigenvalue weighted by atomic mass is 127. The van der Waals surface area contributed by atoms with Gasteiger partial charge in [-0.2, -0.15) is 0 Å². The number of allylic oxidation sites excluding steroid dienone is 4. The largest absolute Gasteiger partial charge is 0.399 e. The first-order valence-corrected chi connectivity index (χ1v) is 16.9. The molecule has 2 aromatic rings. The van der Waals surface area contributed by atoms with E-state index in [1.807, 2.05) is 23.6 Å². The van der Waals surface area contributed by atoms with Crippen LogP contribution in [0.25, 0.3) is 0 Å². The number of carbonyl (C=O) groups is 2. The lowest BCUT2D eigenvalue weighted by Gasteiger charge is -2.63. The lowest BCUT2D eigenvalue weighted by atomic mass is 9.44. The van der Waals surface area contributed by atoms with Crippen LogP contribution in [-0.2, 0) is 20.7 Å². The van der Waals surface area contributed by atoms with Crippen LogP contribution >= 0.6 is 33.9 Å². The summed E-state index contributed by atoms with van der Waals surface area (Å²) in [6.45, 7) is 2.36. The fourth-order valence-electron chi connectivity index (χ4n) is 8.84. The maximum Gasteiger partial charge on any atom is 0.191 e. The summed E-state index contributed by atoms with van der Waals surface area (Å²) >= 11 is 3.32. The van der Waals surface area contributed by atoms with Crippen LogP contribution in [0.3, 0.4) is 0 Å². The molecule has 0 bridgehead atoms. The predicted molar refractivity (Wildman–Crippen MR) is 171 cm³/mol. The van der Waals surface area contributed by atoms with Gasteiger partial charge in [-0.05, 0) is 91.0 Å². The Balaban J connectivity index is 1.35. The van der Waals surface area contributed by atoms with Gasteiger partial charge in [-0.1, -0.05) is 47.7 Å². The minimum atomic E-state index is -2.32. The molecule has 44 heavy (non-hydrogen) atoms. The number of nitrogen functional groups attached to an aromatic ring is 1. The number of carbonyl (C=O) groups excluding carboxylic acids is 2. The molecule has 4 aliphatic rings. The van der Waals surface area contributed by atoms with Crippen LogP contribution in [0.4, 0.5) is 14.5 Å². The highest BCUT2D eigenvalue weighted by Gasteiger charge is 2.78. The Hall–Kier alpha value is -2.03. The molecule has 1 unspecified atom stereocenters. The second-order valence-corrected chi connectivity index (χ2v) is 15.6. The minimum Gasteiger partial charge on any atom is -0.399 e. The van der Waals surface area contributed by atoms with Crippen molar-refractivity contribution in [3.05, 3.63) is 75.5 Å². The highest BCUT2D eigenvalue weighted by Crippen LogP contribution is 2.71. The van der Waals surface area contributed by atoms with Gasteiger partial charge in [-0.15, -0.1) is 11.3 Å². The predicted octanol–water partition coefficient (Wildman–Crippen LogP) is 4.96. The van der Waals surface area contributed by atoms with Gasteiger partial charge in [0, 0.05) is 26.4 Å². The molecule has 11 heteroatoms. The number of thiophene rings is 1. The molecule has 0 spiro atoms. The first kappa shape index (κ1) is 31.9. The van der Waals surface area contributed by atoms with E-state index in [9.17, 15) is 24.9 Å². The third kappa shape index (κ3) is 4.44. The molecule has 3 fully saturated rings. The highest BCUT2D eigenvalue weighted by molar-refractivity contribution is 14.1. The minimum absolute atomic E-state index is 0.0199. The first-order valence-electron chi connectivity index (χ1n) is 14.7. The molecule has 1 aromatic heterocycles. The molecule has 0 saturated heterocycles. The van der Waals surface area contributed by atoms with Crippen LogP contribution in [0.15, 0.2) is 59.5 Å². The molecule has 6 rings (SSSR count). The molecular formula is C33H36F2INO6S. The molecule has 5 N–H and O–H groups in total. The lowest BCUT2D eigenvalue weighted by Crippen LogP contribution is -2.71. The van der Waals surface area contributed by atoms with Gasteiger partial charge in [0.25, 0.3) is 0 Å². The van der Waals surface area contributed by atoms with Crippen molar-refractivity contribution >= 4 is 51.2 Å². The average molecular weight is 740 g/mol. The SMILES string of the molecule is C[C@]12C=CC(=O)C=C1[C@@H](F)C[C@H]1[C@@H]3CC(I)[C@](O[C@H](O)c4cc(Cc5cccc(N)c5)cs4)(C(=O)CO)[C@@]3(C)C[C@H](O)[C@@]12F. The molecule has 7 nitrogen and oxygen atoms in total. The third-order valence-electron chi connectivity index (χ3n) is 10.9. The molecule has 1 aromatic carbocycles. The number of alkyl halides is 3. The van der Waals surface area contributed by atoms with E-state index < -0.39 is 74.6 Å². The summed E-state index contributed by atoms with van der Waals surface area (Å²) in [4.78, 5) is 26.4. The zero-order valence-electron chi connectivity index (χ0n) is 24.4. The number of aliphatic hydroxyl groups excluding tert-OH is 3. The van der Waals surface area contributed by atoms with Gasteiger partial charge in [0.2, 0.25) is 0 Å². The molecule has 10 atom stereocenters. The Bertz CT molecular complexity index is 1560. The number of benzene rings is 1. The number of nitrogens with two attached hydrogens (primary N) is 1. The van der Waals surface area contributed by atoms with Crippen LogP contribution in [0.2, 0.25) is 0 Å². The van der Waals surface area contributed by atoms with Gasteiger partial charge in [-0.25, -0.2) is 8.78 Å². The Morgan fingerprint density at radius 1 is 1.23 bits per heavy atom. The fraction of sp³-hybridized carbons (Fsp3) is 0.515. The van der Waals surface area contributed by atoms with Crippen LogP contribution in [0.1, 0.15) is 55.4 Å².